The Morgan fingerprint density at radius 3 is 2.61 bits per heavy atom. The molecule has 0 aliphatic carbocycles. The predicted molar refractivity (Wildman–Crippen MR) is 77.3 cm³/mol. The van der Waals surface area contributed by atoms with Crippen LogP contribution in [0.15, 0.2) is 30.3 Å². The number of hydrogen-bond acceptors (Lipinski definition) is 2. The Kier molecular flexibility index (Phi) is 4.79. The summed E-state index contributed by atoms with van der Waals surface area (Å²) in [6, 6.07) is 10.8. The molecule has 1 aromatic carbocycles. The lowest BCUT2D eigenvalue weighted by Crippen LogP contribution is -2.31. The van der Waals surface area contributed by atoms with Crippen molar-refractivity contribution < 1.29 is 0 Å². The van der Waals surface area contributed by atoms with Gasteiger partial charge < -0.3 is 5.73 Å². The number of nitrogens with zero attached hydrogens (tertiary/aromatic N) is 1. The van der Waals surface area contributed by atoms with E-state index in [2.05, 4.69) is 42.2 Å². The number of benzene rings is 1. The molecule has 1 aliphatic rings. The van der Waals surface area contributed by atoms with E-state index >= 15 is 0 Å². The molecule has 2 rings (SSSR count). The van der Waals surface area contributed by atoms with Crippen LogP contribution >= 0.6 is 0 Å². The maximum Gasteiger partial charge on any atom is 0.0233 e. The zero-order valence-corrected chi connectivity index (χ0v) is 11.6. The summed E-state index contributed by atoms with van der Waals surface area (Å²) >= 11 is 0. The molecule has 0 saturated carbocycles. The molecule has 0 spiro atoms. The Morgan fingerprint density at radius 1 is 1.17 bits per heavy atom. The average Bonchev–Trinajstić information content (AvgIpc) is 2.63. The van der Waals surface area contributed by atoms with Crippen LogP contribution in [0.4, 0.5) is 0 Å². The topological polar surface area (TPSA) is 29.3 Å². The van der Waals surface area contributed by atoms with E-state index in [1.165, 1.54) is 44.3 Å². The standard InChI is InChI=1S/C16H26N2/c1-2-16(14-17)9-6-11-18(12-10-16)13-15-7-4-3-5-8-15/h3-5,7-8H,2,6,9-14,17H2,1H3. The summed E-state index contributed by atoms with van der Waals surface area (Å²) in [7, 11) is 0. The summed E-state index contributed by atoms with van der Waals surface area (Å²) in [6.45, 7) is 6.64. The van der Waals surface area contributed by atoms with Gasteiger partial charge in [-0.3, -0.25) is 4.90 Å². The van der Waals surface area contributed by atoms with Gasteiger partial charge in [0.25, 0.3) is 0 Å². The first-order valence-electron chi connectivity index (χ1n) is 7.24. The van der Waals surface area contributed by atoms with Gasteiger partial charge in [0.1, 0.15) is 0 Å². The first-order valence-corrected chi connectivity index (χ1v) is 7.24. The third-order valence-electron chi connectivity index (χ3n) is 4.57. The van der Waals surface area contributed by atoms with Crippen LogP contribution in [0.5, 0.6) is 0 Å². The zero-order chi connectivity index (χ0) is 12.8. The SMILES string of the molecule is CCC1(CN)CCCN(Cc2ccccc2)CC1. The molecule has 0 amide bonds. The van der Waals surface area contributed by atoms with E-state index in [1.807, 2.05) is 0 Å². The van der Waals surface area contributed by atoms with Gasteiger partial charge in [-0.15, -0.1) is 0 Å². The average molecular weight is 246 g/mol. The van der Waals surface area contributed by atoms with Crippen LogP contribution in [0, 0.1) is 5.41 Å². The molecule has 18 heavy (non-hydrogen) atoms. The van der Waals surface area contributed by atoms with Crippen LogP contribution in [-0.2, 0) is 6.54 Å². The smallest absolute Gasteiger partial charge is 0.0233 e. The van der Waals surface area contributed by atoms with Crippen LogP contribution in [0.3, 0.4) is 0 Å². The summed E-state index contributed by atoms with van der Waals surface area (Å²) in [4.78, 5) is 2.59. The molecule has 1 aromatic rings. The molecule has 0 radical (unpaired) electrons. The molecule has 2 nitrogen and oxygen atoms in total. The van der Waals surface area contributed by atoms with E-state index in [4.69, 9.17) is 5.73 Å². The van der Waals surface area contributed by atoms with E-state index < -0.39 is 0 Å². The van der Waals surface area contributed by atoms with Gasteiger partial charge in [-0.05, 0) is 56.3 Å². The van der Waals surface area contributed by atoms with E-state index in [1.54, 1.807) is 0 Å². The summed E-state index contributed by atoms with van der Waals surface area (Å²) in [5, 5.41) is 0. The first kappa shape index (κ1) is 13.6. The largest absolute Gasteiger partial charge is 0.330 e. The number of likely N-dealkylation sites (tertiary alicyclic amines) is 1. The van der Waals surface area contributed by atoms with Crippen molar-refractivity contribution in [3.05, 3.63) is 35.9 Å². The molecule has 1 unspecified atom stereocenters. The number of nitrogens with two attached hydrogens (primary N) is 1. The monoisotopic (exact) mass is 246 g/mol. The third-order valence-corrected chi connectivity index (χ3v) is 4.57. The van der Waals surface area contributed by atoms with Crippen LogP contribution < -0.4 is 5.73 Å². The molecule has 1 saturated heterocycles. The summed E-state index contributed by atoms with van der Waals surface area (Å²) in [6.07, 6.45) is 5.07. The molecule has 1 aliphatic heterocycles. The van der Waals surface area contributed by atoms with E-state index in [0.29, 0.717) is 5.41 Å². The van der Waals surface area contributed by atoms with Crippen molar-refractivity contribution in [2.24, 2.45) is 11.1 Å². The van der Waals surface area contributed by atoms with E-state index in [9.17, 15) is 0 Å². The van der Waals surface area contributed by atoms with Crippen LogP contribution in [-0.4, -0.2) is 24.5 Å². The summed E-state index contributed by atoms with van der Waals surface area (Å²) in [5.41, 5.74) is 7.83. The summed E-state index contributed by atoms with van der Waals surface area (Å²) in [5.74, 6) is 0. The number of hydrogen-bond donors (Lipinski definition) is 1. The minimum atomic E-state index is 0.408. The highest BCUT2D eigenvalue weighted by Gasteiger charge is 2.29. The molecule has 100 valence electrons. The molecule has 0 bridgehead atoms. The minimum absolute atomic E-state index is 0.408. The first-order chi connectivity index (χ1) is 8.78. The number of rotatable bonds is 4. The van der Waals surface area contributed by atoms with Crippen molar-refractivity contribution >= 4 is 0 Å². The highest BCUT2D eigenvalue weighted by molar-refractivity contribution is 5.14. The summed E-state index contributed by atoms with van der Waals surface area (Å²) < 4.78 is 0. The van der Waals surface area contributed by atoms with Crippen LogP contribution in [0.25, 0.3) is 0 Å². The van der Waals surface area contributed by atoms with Gasteiger partial charge in [0.05, 0.1) is 0 Å². The molecular formula is C16H26N2. The second kappa shape index (κ2) is 6.35. The third kappa shape index (κ3) is 3.33. The normalized spacial score (nSPS) is 25.9. The van der Waals surface area contributed by atoms with E-state index in [-0.39, 0.29) is 0 Å². The maximum atomic E-state index is 6.00. The Hall–Kier alpha value is -0.860. The van der Waals surface area contributed by atoms with Crippen LogP contribution in [0.2, 0.25) is 0 Å². The Balaban J connectivity index is 1.93. The molecule has 2 heteroatoms. The van der Waals surface area contributed by atoms with Crippen molar-refractivity contribution in [2.45, 2.75) is 39.2 Å². The van der Waals surface area contributed by atoms with Gasteiger partial charge in [0.15, 0.2) is 0 Å². The molecule has 2 N–H and O–H groups in total. The Labute approximate surface area is 111 Å². The lowest BCUT2D eigenvalue weighted by molar-refractivity contribution is 0.225. The maximum absolute atomic E-state index is 6.00. The predicted octanol–water partition coefficient (Wildman–Crippen LogP) is 3.03. The van der Waals surface area contributed by atoms with Crippen molar-refractivity contribution in [2.75, 3.05) is 19.6 Å². The van der Waals surface area contributed by atoms with Crippen molar-refractivity contribution in [1.29, 1.82) is 0 Å². The van der Waals surface area contributed by atoms with Gasteiger partial charge in [-0.25, -0.2) is 0 Å². The highest BCUT2D eigenvalue weighted by atomic mass is 15.1. The Morgan fingerprint density at radius 2 is 1.94 bits per heavy atom. The highest BCUT2D eigenvalue weighted by Crippen LogP contribution is 2.33. The molecular weight excluding hydrogens is 220 g/mol. The van der Waals surface area contributed by atoms with Crippen molar-refractivity contribution in [1.82, 2.24) is 4.90 Å². The lowest BCUT2D eigenvalue weighted by Gasteiger charge is -2.30. The fourth-order valence-electron chi connectivity index (χ4n) is 3.01. The van der Waals surface area contributed by atoms with E-state index in [0.717, 1.165) is 13.1 Å². The van der Waals surface area contributed by atoms with Gasteiger partial charge >= 0.3 is 0 Å². The molecule has 1 atom stereocenters. The lowest BCUT2D eigenvalue weighted by atomic mass is 9.78. The second-order valence-corrected chi connectivity index (χ2v) is 5.67. The molecule has 1 heterocycles. The van der Waals surface area contributed by atoms with Gasteiger partial charge in [-0.1, -0.05) is 37.3 Å². The molecule has 0 aromatic heterocycles. The Bertz CT molecular complexity index is 343. The minimum Gasteiger partial charge on any atom is -0.330 e. The van der Waals surface area contributed by atoms with Crippen LogP contribution in [0.1, 0.15) is 38.2 Å². The quantitative estimate of drug-likeness (QED) is 0.885. The van der Waals surface area contributed by atoms with Gasteiger partial charge in [0.2, 0.25) is 0 Å². The zero-order valence-electron chi connectivity index (χ0n) is 11.6. The molecule has 1 fully saturated rings. The second-order valence-electron chi connectivity index (χ2n) is 5.67. The van der Waals surface area contributed by atoms with Crippen molar-refractivity contribution in [3.63, 3.8) is 0 Å². The van der Waals surface area contributed by atoms with Gasteiger partial charge in [0, 0.05) is 6.54 Å². The van der Waals surface area contributed by atoms with Crippen molar-refractivity contribution in [3.8, 4) is 0 Å². The fraction of sp³-hybridized carbons (Fsp3) is 0.625. The van der Waals surface area contributed by atoms with Gasteiger partial charge in [-0.2, -0.15) is 0 Å². The fourth-order valence-corrected chi connectivity index (χ4v) is 3.01.